The molecule has 0 aliphatic carbocycles. The molecule has 0 aliphatic rings. The molecule has 1 N–H and O–H groups in total. The van der Waals surface area contributed by atoms with Crippen LogP contribution in [0.4, 0.5) is 4.39 Å². The molecule has 1 aromatic heterocycles. The summed E-state index contributed by atoms with van der Waals surface area (Å²) < 4.78 is 14.5. The molecule has 2 aromatic rings. The van der Waals surface area contributed by atoms with Gasteiger partial charge in [0.2, 0.25) is 0 Å². The first-order chi connectivity index (χ1) is 8.15. The van der Waals surface area contributed by atoms with E-state index in [4.69, 9.17) is 11.6 Å². The van der Waals surface area contributed by atoms with Crippen LogP contribution in [0.25, 0.3) is 0 Å². The minimum atomic E-state index is -0.392. The highest BCUT2D eigenvalue weighted by molar-refractivity contribution is 9.10. The van der Waals surface area contributed by atoms with Crippen LogP contribution in [-0.4, -0.2) is 7.05 Å². The van der Waals surface area contributed by atoms with E-state index < -0.39 is 5.82 Å². The van der Waals surface area contributed by atoms with Gasteiger partial charge in [-0.15, -0.1) is 11.3 Å². The minimum absolute atomic E-state index is 0.104. The molecule has 1 unspecified atom stereocenters. The fraction of sp³-hybridized carbons (Fsp3) is 0.167. The van der Waals surface area contributed by atoms with Gasteiger partial charge in [-0.05, 0) is 46.1 Å². The van der Waals surface area contributed by atoms with Gasteiger partial charge in [0.1, 0.15) is 5.82 Å². The summed E-state index contributed by atoms with van der Waals surface area (Å²) in [5.74, 6) is -0.392. The van der Waals surface area contributed by atoms with Gasteiger partial charge in [-0.3, -0.25) is 0 Å². The lowest BCUT2D eigenvalue weighted by Crippen LogP contribution is -2.17. The summed E-state index contributed by atoms with van der Waals surface area (Å²) in [6.07, 6.45) is 0. The Balaban J connectivity index is 2.50. The molecule has 0 spiro atoms. The van der Waals surface area contributed by atoms with E-state index in [0.717, 1.165) is 14.9 Å². The number of rotatable bonds is 3. The van der Waals surface area contributed by atoms with Gasteiger partial charge in [0.25, 0.3) is 0 Å². The van der Waals surface area contributed by atoms with Gasteiger partial charge in [-0.2, -0.15) is 0 Å². The lowest BCUT2D eigenvalue weighted by molar-refractivity contribution is 0.618. The van der Waals surface area contributed by atoms with E-state index in [1.807, 2.05) is 24.6 Å². The first-order valence-corrected chi connectivity index (χ1v) is 7.04. The van der Waals surface area contributed by atoms with Gasteiger partial charge in [-0.25, -0.2) is 4.39 Å². The van der Waals surface area contributed by atoms with Crippen LogP contribution in [0.15, 0.2) is 34.1 Å². The molecule has 5 heteroatoms. The number of hydrogen-bond acceptors (Lipinski definition) is 2. The summed E-state index contributed by atoms with van der Waals surface area (Å²) in [5.41, 5.74) is 0.748. The number of hydrogen-bond donors (Lipinski definition) is 1. The maximum Gasteiger partial charge on any atom is 0.142 e. The molecule has 1 nitrogen and oxygen atoms in total. The van der Waals surface area contributed by atoms with Gasteiger partial charge in [0.05, 0.1) is 11.1 Å². The van der Waals surface area contributed by atoms with E-state index in [2.05, 4.69) is 21.2 Å². The van der Waals surface area contributed by atoms with Crippen LogP contribution in [0.5, 0.6) is 0 Å². The van der Waals surface area contributed by atoms with Crippen LogP contribution in [0.3, 0.4) is 0 Å². The molecule has 0 saturated carbocycles. The number of benzene rings is 1. The molecule has 1 atom stereocenters. The predicted octanol–water partition coefficient (Wildman–Crippen LogP) is 4.61. The van der Waals surface area contributed by atoms with Crippen molar-refractivity contribution in [3.8, 4) is 0 Å². The minimum Gasteiger partial charge on any atom is -0.309 e. The number of halogens is 3. The molecule has 17 heavy (non-hydrogen) atoms. The average Bonchev–Trinajstić information content (AvgIpc) is 2.72. The molecule has 0 bridgehead atoms. The molecule has 0 saturated heterocycles. The van der Waals surface area contributed by atoms with Gasteiger partial charge in [-0.1, -0.05) is 23.7 Å². The highest BCUT2D eigenvalue weighted by Crippen LogP contribution is 2.36. The van der Waals surface area contributed by atoms with Crippen molar-refractivity contribution in [1.29, 1.82) is 0 Å². The molecule has 0 fully saturated rings. The Morgan fingerprint density at radius 3 is 2.76 bits per heavy atom. The standard InChI is InChI=1S/C12H10BrClFNS/c1-16-11(12-8(13)5-6-17-12)7-3-2-4-9(15)10(7)14/h2-6,11,16H,1H3. The molecular formula is C12H10BrClFNS. The summed E-state index contributed by atoms with van der Waals surface area (Å²) >= 11 is 11.1. The van der Waals surface area contributed by atoms with Crippen molar-refractivity contribution < 1.29 is 4.39 Å². The van der Waals surface area contributed by atoms with E-state index in [1.165, 1.54) is 6.07 Å². The summed E-state index contributed by atoms with van der Waals surface area (Å²) in [4.78, 5) is 1.08. The summed E-state index contributed by atoms with van der Waals surface area (Å²) in [7, 11) is 1.83. The Kier molecular flexibility index (Phi) is 4.20. The van der Waals surface area contributed by atoms with Crippen molar-refractivity contribution in [2.45, 2.75) is 6.04 Å². The fourth-order valence-corrected chi connectivity index (χ4v) is 3.65. The molecule has 90 valence electrons. The zero-order chi connectivity index (χ0) is 12.4. The largest absolute Gasteiger partial charge is 0.309 e. The molecule has 1 heterocycles. The van der Waals surface area contributed by atoms with E-state index in [9.17, 15) is 4.39 Å². The molecule has 2 rings (SSSR count). The van der Waals surface area contributed by atoms with Crippen LogP contribution in [0, 0.1) is 5.82 Å². The van der Waals surface area contributed by atoms with Crippen LogP contribution in [0.1, 0.15) is 16.5 Å². The second-order valence-electron chi connectivity index (χ2n) is 3.50. The highest BCUT2D eigenvalue weighted by Gasteiger charge is 2.20. The van der Waals surface area contributed by atoms with Gasteiger partial charge >= 0.3 is 0 Å². The van der Waals surface area contributed by atoms with Crippen molar-refractivity contribution in [3.63, 3.8) is 0 Å². The van der Waals surface area contributed by atoms with E-state index in [0.29, 0.717) is 0 Å². The molecule has 0 aliphatic heterocycles. The fourth-order valence-electron chi connectivity index (χ4n) is 1.68. The lowest BCUT2D eigenvalue weighted by Gasteiger charge is -2.17. The zero-order valence-corrected chi connectivity index (χ0v) is 12.2. The topological polar surface area (TPSA) is 12.0 Å². The molecule has 0 amide bonds. The van der Waals surface area contributed by atoms with Crippen LogP contribution < -0.4 is 5.32 Å². The highest BCUT2D eigenvalue weighted by atomic mass is 79.9. The summed E-state index contributed by atoms with van der Waals surface area (Å²) in [5, 5.41) is 5.32. The maximum absolute atomic E-state index is 13.5. The smallest absolute Gasteiger partial charge is 0.142 e. The third kappa shape index (κ3) is 2.55. The van der Waals surface area contributed by atoms with Crippen molar-refractivity contribution >= 4 is 38.9 Å². The maximum atomic E-state index is 13.5. The zero-order valence-electron chi connectivity index (χ0n) is 9.01. The third-order valence-corrected chi connectivity index (χ3v) is 4.82. The first-order valence-electron chi connectivity index (χ1n) is 4.99. The second kappa shape index (κ2) is 5.48. The van der Waals surface area contributed by atoms with Crippen molar-refractivity contribution in [1.82, 2.24) is 5.32 Å². The van der Waals surface area contributed by atoms with Gasteiger partial charge < -0.3 is 5.32 Å². The Bertz CT molecular complexity index is 529. The SMILES string of the molecule is CNC(c1cccc(F)c1Cl)c1sccc1Br. The van der Waals surface area contributed by atoms with Crippen LogP contribution >= 0.6 is 38.9 Å². The Morgan fingerprint density at radius 2 is 2.18 bits per heavy atom. The second-order valence-corrected chi connectivity index (χ2v) is 5.68. The van der Waals surface area contributed by atoms with Gasteiger partial charge in [0.15, 0.2) is 0 Å². The van der Waals surface area contributed by atoms with Crippen molar-refractivity contribution in [3.05, 3.63) is 55.4 Å². The van der Waals surface area contributed by atoms with E-state index >= 15 is 0 Å². The van der Waals surface area contributed by atoms with Gasteiger partial charge in [0, 0.05) is 9.35 Å². The number of thiophene rings is 1. The lowest BCUT2D eigenvalue weighted by atomic mass is 10.1. The summed E-state index contributed by atoms with van der Waals surface area (Å²) in [6, 6.07) is 6.73. The van der Waals surface area contributed by atoms with Crippen molar-refractivity contribution in [2.24, 2.45) is 0 Å². The monoisotopic (exact) mass is 333 g/mol. The quantitative estimate of drug-likeness (QED) is 0.864. The third-order valence-electron chi connectivity index (χ3n) is 2.49. The Hall–Kier alpha value is -0.420. The molecular weight excluding hydrogens is 325 g/mol. The normalized spacial score (nSPS) is 12.7. The van der Waals surface area contributed by atoms with Crippen LogP contribution in [0.2, 0.25) is 5.02 Å². The average molecular weight is 335 g/mol. The molecule has 1 aromatic carbocycles. The summed E-state index contributed by atoms with van der Waals surface area (Å²) in [6.45, 7) is 0. The van der Waals surface area contributed by atoms with Crippen molar-refractivity contribution in [2.75, 3.05) is 7.05 Å². The van der Waals surface area contributed by atoms with E-state index in [-0.39, 0.29) is 11.1 Å². The predicted molar refractivity (Wildman–Crippen MR) is 74.3 cm³/mol. The Morgan fingerprint density at radius 1 is 1.41 bits per heavy atom. The first kappa shape index (κ1) is 13.0. The Labute approximate surface area is 117 Å². The molecule has 0 radical (unpaired) electrons. The number of nitrogens with one attached hydrogen (secondary N) is 1. The van der Waals surface area contributed by atoms with Crippen LogP contribution in [-0.2, 0) is 0 Å². The van der Waals surface area contributed by atoms with E-state index in [1.54, 1.807) is 17.4 Å².